The van der Waals surface area contributed by atoms with Gasteiger partial charge in [-0.05, 0) is 89.4 Å². The maximum Gasteiger partial charge on any atom is 0.341 e. The van der Waals surface area contributed by atoms with Gasteiger partial charge in [0.1, 0.15) is 5.82 Å². The monoisotopic (exact) mass is 569 g/mol. The van der Waals surface area contributed by atoms with Gasteiger partial charge in [-0.25, -0.2) is 13.9 Å². The Hall–Kier alpha value is -4.07. The van der Waals surface area contributed by atoms with E-state index in [1.54, 1.807) is 12.1 Å². The number of benzene rings is 3. The van der Waals surface area contributed by atoms with Crippen LogP contribution in [-0.2, 0) is 14.4 Å². The van der Waals surface area contributed by atoms with Crippen LogP contribution in [0.3, 0.4) is 0 Å². The maximum atomic E-state index is 14.0. The molecule has 0 aliphatic carbocycles. The Kier molecular flexibility index (Phi) is 7.81. The molecule has 1 aromatic heterocycles. The highest BCUT2D eigenvalue weighted by Crippen LogP contribution is 2.39. The SMILES string of the molecule is CC/C(=C(/c1ccc(/C=C/C2=NOC(=O)C2)cc1)c1ccc2c(cnn2C2CCCCO2)c1)c1ccc(F)cc1Cl. The van der Waals surface area contributed by atoms with Crippen molar-refractivity contribution in [1.82, 2.24) is 9.78 Å². The van der Waals surface area contributed by atoms with E-state index in [0.29, 0.717) is 17.2 Å². The third-order valence-corrected chi connectivity index (χ3v) is 7.79. The molecule has 1 atom stereocenters. The summed E-state index contributed by atoms with van der Waals surface area (Å²) in [6, 6.07) is 19.0. The van der Waals surface area contributed by atoms with E-state index < -0.39 is 0 Å². The van der Waals surface area contributed by atoms with Crippen LogP contribution in [0.5, 0.6) is 0 Å². The zero-order chi connectivity index (χ0) is 28.3. The molecule has 3 aromatic carbocycles. The molecule has 0 radical (unpaired) electrons. The molecule has 1 unspecified atom stereocenters. The number of oxime groups is 1. The fraction of sp³-hybridized carbons (Fsp3) is 0.242. The van der Waals surface area contributed by atoms with Crippen molar-refractivity contribution in [1.29, 1.82) is 0 Å². The minimum absolute atomic E-state index is 0.0492. The van der Waals surface area contributed by atoms with Crippen molar-refractivity contribution in [3.63, 3.8) is 0 Å². The summed E-state index contributed by atoms with van der Waals surface area (Å²) >= 11 is 6.59. The van der Waals surface area contributed by atoms with Gasteiger partial charge in [-0.15, -0.1) is 0 Å². The number of carbonyl (C=O) groups is 1. The summed E-state index contributed by atoms with van der Waals surface area (Å²) in [4.78, 5) is 16.0. The Morgan fingerprint density at radius 2 is 1.90 bits per heavy atom. The molecule has 1 fully saturated rings. The number of nitrogens with zero attached hydrogens (tertiary/aromatic N) is 3. The minimum Gasteiger partial charge on any atom is -0.356 e. The van der Waals surface area contributed by atoms with Gasteiger partial charge in [0.25, 0.3) is 0 Å². The molecule has 41 heavy (non-hydrogen) atoms. The lowest BCUT2D eigenvalue weighted by Crippen LogP contribution is -2.18. The number of fused-ring (bicyclic) bond motifs is 1. The predicted molar refractivity (Wildman–Crippen MR) is 160 cm³/mol. The highest BCUT2D eigenvalue weighted by atomic mass is 35.5. The predicted octanol–water partition coefficient (Wildman–Crippen LogP) is 8.21. The number of hydrogen-bond acceptors (Lipinski definition) is 5. The average Bonchev–Trinajstić information content (AvgIpc) is 3.61. The second kappa shape index (κ2) is 11.8. The molecule has 0 saturated carbocycles. The second-order valence-electron chi connectivity index (χ2n) is 10.2. The van der Waals surface area contributed by atoms with Gasteiger partial charge in [-0.3, -0.25) is 0 Å². The zero-order valence-electron chi connectivity index (χ0n) is 22.6. The third kappa shape index (κ3) is 5.73. The van der Waals surface area contributed by atoms with Crippen LogP contribution in [0.25, 0.3) is 28.1 Å². The van der Waals surface area contributed by atoms with Crippen molar-refractivity contribution < 1.29 is 18.8 Å². The van der Waals surface area contributed by atoms with Gasteiger partial charge in [0.05, 0.1) is 28.9 Å². The van der Waals surface area contributed by atoms with Crippen LogP contribution < -0.4 is 0 Å². The summed E-state index contributed by atoms with van der Waals surface area (Å²) < 4.78 is 22.0. The lowest BCUT2D eigenvalue weighted by Gasteiger charge is -2.23. The average molecular weight is 570 g/mol. The van der Waals surface area contributed by atoms with Gasteiger partial charge in [0, 0.05) is 12.0 Å². The smallest absolute Gasteiger partial charge is 0.341 e. The van der Waals surface area contributed by atoms with Crippen LogP contribution in [0.15, 0.2) is 78.1 Å². The van der Waals surface area contributed by atoms with Crippen LogP contribution in [0.4, 0.5) is 4.39 Å². The highest BCUT2D eigenvalue weighted by Gasteiger charge is 2.21. The van der Waals surface area contributed by atoms with E-state index in [9.17, 15) is 9.18 Å². The van der Waals surface area contributed by atoms with E-state index >= 15 is 0 Å². The van der Waals surface area contributed by atoms with E-state index in [0.717, 1.165) is 70.2 Å². The molecular formula is C33H29ClFN3O3. The first kappa shape index (κ1) is 27.1. The Bertz CT molecular complexity index is 1700. The summed E-state index contributed by atoms with van der Waals surface area (Å²) in [5, 5.41) is 9.84. The van der Waals surface area contributed by atoms with Crippen molar-refractivity contribution in [2.45, 2.75) is 45.3 Å². The summed E-state index contributed by atoms with van der Waals surface area (Å²) in [7, 11) is 0. The largest absolute Gasteiger partial charge is 0.356 e. The molecule has 3 heterocycles. The Morgan fingerprint density at radius 1 is 1.07 bits per heavy atom. The normalized spacial score (nSPS) is 18.1. The van der Waals surface area contributed by atoms with Gasteiger partial charge in [0.15, 0.2) is 6.23 Å². The molecule has 4 aromatic rings. The fourth-order valence-electron chi connectivity index (χ4n) is 5.47. The molecule has 6 rings (SSSR count). The number of carbonyl (C=O) groups excluding carboxylic acids is 1. The first-order chi connectivity index (χ1) is 20.0. The highest BCUT2D eigenvalue weighted by molar-refractivity contribution is 6.32. The standard InChI is InChI=1S/C33H29ClFN3O3/c1-2-27(28-14-12-25(35)18-29(28)34)33(22-9-6-21(7-10-22)8-13-26-19-32(39)41-37-26)23-11-15-30-24(17-23)20-36-38(30)31-5-3-4-16-40-31/h6-15,17-18,20,31H,2-5,16,19H2,1H3/b13-8+,33-27+. The van der Waals surface area contributed by atoms with Gasteiger partial charge < -0.3 is 9.57 Å². The fourth-order valence-corrected chi connectivity index (χ4v) is 5.75. The molecule has 0 spiro atoms. The van der Waals surface area contributed by atoms with Crippen molar-refractivity contribution in [2.24, 2.45) is 5.16 Å². The van der Waals surface area contributed by atoms with Gasteiger partial charge in [-0.2, -0.15) is 5.10 Å². The Morgan fingerprint density at radius 3 is 2.61 bits per heavy atom. The number of aromatic nitrogens is 2. The van der Waals surface area contributed by atoms with Gasteiger partial charge in [-0.1, -0.05) is 66.2 Å². The molecule has 208 valence electrons. The first-order valence-corrected chi connectivity index (χ1v) is 14.2. The summed E-state index contributed by atoms with van der Waals surface area (Å²) in [5.41, 5.74) is 7.40. The number of rotatable bonds is 7. The molecule has 0 N–H and O–H groups in total. The van der Waals surface area contributed by atoms with E-state index in [-0.39, 0.29) is 24.4 Å². The first-order valence-electron chi connectivity index (χ1n) is 13.8. The van der Waals surface area contributed by atoms with Gasteiger partial charge in [0.2, 0.25) is 0 Å². The van der Waals surface area contributed by atoms with Crippen molar-refractivity contribution >= 4 is 51.4 Å². The molecular weight excluding hydrogens is 541 g/mol. The van der Waals surface area contributed by atoms with Crippen molar-refractivity contribution in [3.05, 3.63) is 106 Å². The quantitative estimate of drug-likeness (QED) is 0.166. The van der Waals surface area contributed by atoms with Crippen LogP contribution in [0, 0.1) is 5.82 Å². The molecule has 1 saturated heterocycles. The van der Waals surface area contributed by atoms with Crippen LogP contribution in [-0.4, -0.2) is 28.1 Å². The van der Waals surface area contributed by atoms with Crippen LogP contribution in [0.2, 0.25) is 5.02 Å². The Labute approximate surface area is 242 Å². The number of allylic oxidation sites excluding steroid dienone is 2. The third-order valence-electron chi connectivity index (χ3n) is 7.48. The van der Waals surface area contributed by atoms with E-state index in [2.05, 4.69) is 52.3 Å². The summed E-state index contributed by atoms with van der Waals surface area (Å²) in [6.07, 6.45) is 9.54. The lowest BCUT2D eigenvalue weighted by molar-refractivity contribution is -0.140. The minimum atomic E-state index is -0.371. The van der Waals surface area contributed by atoms with Gasteiger partial charge >= 0.3 is 5.97 Å². The molecule has 0 amide bonds. The van der Waals surface area contributed by atoms with E-state index in [4.69, 9.17) is 16.3 Å². The summed E-state index contributed by atoms with van der Waals surface area (Å²) in [6.45, 7) is 2.83. The lowest BCUT2D eigenvalue weighted by atomic mass is 9.87. The molecule has 2 aliphatic rings. The Balaban J connectivity index is 1.43. The molecule has 8 heteroatoms. The summed E-state index contributed by atoms with van der Waals surface area (Å²) in [5.74, 6) is -0.722. The maximum absolute atomic E-state index is 14.0. The zero-order valence-corrected chi connectivity index (χ0v) is 23.4. The van der Waals surface area contributed by atoms with Crippen LogP contribution >= 0.6 is 11.6 Å². The van der Waals surface area contributed by atoms with E-state index in [1.165, 1.54) is 12.1 Å². The number of halogens is 2. The molecule has 2 aliphatic heterocycles. The van der Waals surface area contributed by atoms with Crippen molar-refractivity contribution in [3.8, 4) is 0 Å². The van der Waals surface area contributed by atoms with Crippen molar-refractivity contribution in [2.75, 3.05) is 6.61 Å². The molecule has 0 bridgehead atoms. The topological polar surface area (TPSA) is 65.7 Å². The second-order valence-corrected chi connectivity index (χ2v) is 10.6. The molecule has 6 nitrogen and oxygen atoms in total. The number of ether oxygens (including phenoxy) is 1. The number of hydrogen-bond donors (Lipinski definition) is 0. The van der Waals surface area contributed by atoms with Crippen LogP contribution in [0.1, 0.15) is 67.5 Å². The van der Waals surface area contributed by atoms with E-state index in [1.807, 2.05) is 29.1 Å².